The Morgan fingerprint density at radius 1 is 1.76 bits per heavy atom. The van der Waals surface area contributed by atoms with Crippen LogP contribution < -0.4 is 5.73 Å². The van der Waals surface area contributed by atoms with E-state index in [1.54, 1.807) is 7.05 Å². The molecule has 0 aromatic carbocycles. The first kappa shape index (κ1) is 13.5. The zero-order chi connectivity index (χ0) is 13.0. The van der Waals surface area contributed by atoms with Gasteiger partial charge in [-0.2, -0.15) is 5.26 Å². The SMILES string of the molecule is CC(CC#N)N(C)C(=O)c1cc(N)ncc1Br. The minimum atomic E-state index is -0.186. The number of aromatic nitrogens is 1. The summed E-state index contributed by atoms with van der Waals surface area (Å²) in [6.45, 7) is 1.82. The topological polar surface area (TPSA) is 83.0 Å². The highest BCUT2D eigenvalue weighted by Gasteiger charge is 2.19. The van der Waals surface area contributed by atoms with E-state index in [0.29, 0.717) is 16.5 Å². The van der Waals surface area contributed by atoms with E-state index in [4.69, 9.17) is 11.0 Å². The van der Waals surface area contributed by atoms with Crippen LogP contribution in [0.2, 0.25) is 0 Å². The van der Waals surface area contributed by atoms with E-state index < -0.39 is 0 Å². The molecule has 0 aliphatic rings. The number of hydrogen-bond donors (Lipinski definition) is 1. The molecule has 0 spiro atoms. The lowest BCUT2D eigenvalue weighted by molar-refractivity contribution is 0.0745. The summed E-state index contributed by atoms with van der Waals surface area (Å²) in [5.41, 5.74) is 5.99. The molecule has 1 aromatic heterocycles. The Balaban J connectivity index is 2.96. The zero-order valence-electron chi connectivity index (χ0n) is 9.64. The van der Waals surface area contributed by atoms with Crippen molar-refractivity contribution in [1.82, 2.24) is 9.88 Å². The smallest absolute Gasteiger partial charge is 0.255 e. The monoisotopic (exact) mass is 296 g/mol. The van der Waals surface area contributed by atoms with Gasteiger partial charge in [0.05, 0.1) is 18.1 Å². The second kappa shape index (κ2) is 5.64. The molecule has 0 saturated carbocycles. The van der Waals surface area contributed by atoms with Crippen molar-refractivity contribution < 1.29 is 4.79 Å². The maximum Gasteiger partial charge on any atom is 0.255 e. The van der Waals surface area contributed by atoms with Gasteiger partial charge in [0, 0.05) is 23.8 Å². The molecule has 0 saturated heterocycles. The molecule has 0 aliphatic heterocycles. The van der Waals surface area contributed by atoms with Crippen molar-refractivity contribution in [2.24, 2.45) is 0 Å². The quantitative estimate of drug-likeness (QED) is 0.922. The number of nitrogens with zero attached hydrogens (tertiary/aromatic N) is 3. The lowest BCUT2D eigenvalue weighted by atomic mass is 10.1. The molecule has 0 aliphatic carbocycles. The van der Waals surface area contributed by atoms with Crippen molar-refractivity contribution in [2.45, 2.75) is 19.4 Å². The minimum Gasteiger partial charge on any atom is -0.384 e. The fraction of sp³-hybridized carbons (Fsp3) is 0.364. The van der Waals surface area contributed by atoms with Crippen LogP contribution in [-0.4, -0.2) is 28.9 Å². The molecule has 1 heterocycles. The largest absolute Gasteiger partial charge is 0.384 e. The fourth-order valence-electron chi connectivity index (χ4n) is 1.28. The fourth-order valence-corrected chi connectivity index (χ4v) is 1.66. The summed E-state index contributed by atoms with van der Waals surface area (Å²) in [7, 11) is 1.66. The summed E-state index contributed by atoms with van der Waals surface area (Å²) in [4.78, 5) is 17.5. The van der Waals surface area contributed by atoms with Gasteiger partial charge in [0.25, 0.3) is 5.91 Å². The molecule has 1 unspecified atom stereocenters. The van der Waals surface area contributed by atoms with E-state index in [2.05, 4.69) is 20.9 Å². The van der Waals surface area contributed by atoms with Gasteiger partial charge in [0.15, 0.2) is 0 Å². The molecule has 0 fully saturated rings. The zero-order valence-corrected chi connectivity index (χ0v) is 11.2. The summed E-state index contributed by atoms with van der Waals surface area (Å²) in [5.74, 6) is 0.103. The normalized spacial score (nSPS) is 11.6. The van der Waals surface area contributed by atoms with Crippen molar-refractivity contribution >= 4 is 27.7 Å². The standard InChI is InChI=1S/C11H13BrN4O/c1-7(3-4-13)16(2)11(17)8-5-10(14)15-6-9(8)12/h5-7H,3H2,1-2H3,(H2,14,15). The van der Waals surface area contributed by atoms with E-state index >= 15 is 0 Å². The highest BCUT2D eigenvalue weighted by molar-refractivity contribution is 9.10. The Hall–Kier alpha value is -1.61. The molecule has 1 rings (SSSR count). The van der Waals surface area contributed by atoms with Crippen LogP contribution in [0.4, 0.5) is 5.82 Å². The Labute approximate surface area is 108 Å². The molecule has 90 valence electrons. The molecule has 6 heteroatoms. The predicted octanol–water partition coefficient (Wildman–Crippen LogP) is 1.80. The third-order valence-electron chi connectivity index (χ3n) is 2.48. The molecule has 0 radical (unpaired) electrons. The Bertz CT molecular complexity index is 469. The summed E-state index contributed by atoms with van der Waals surface area (Å²) >= 11 is 3.26. The summed E-state index contributed by atoms with van der Waals surface area (Å²) in [6, 6.07) is 3.41. The number of carbonyl (C=O) groups excluding carboxylic acids is 1. The molecule has 1 atom stereocenters. The van der Waals surface area contributed by atoms with Gasteiger partial charge in [-0.1, -0.05) is 0 Å². The molecule has 2 N–H and O–H groups in total. The van der Waals surface area contributed by atoms with Gasteiger partial charge in [-0.3, -0.25) is 4.79 Å². The summed E-state index contributed by atoms with van der Waals surface area (Å²) < 4.78 is 0.590. The van der Waals surface area contributed by atoms with E-state index in [9.17, 15) is 4.79 Å². The van der Waals surface area contributed by atoms with Gasteiger partial charge in [0.2, 0.25) is 0 Å². The first-order valence-corrected chi connectivity index (χ1v) is 5.81. The van der Waals surface area contributed by atoms with Crippen molar-refractivity contribution in [1.29, 1.82) is 5.26 Å². The number of hydrogen-bond acceptors (Lipinski definition) is 4. The number of nitrogens with two attached hydrogens (primary N) is 1. The highest BCUT2D eigenvalue weighted by atomic mass is 79.9. The average Bonchev–Trinajstić information content (AvgIpc) is 2.30. The maximum atomic E-state index is 12.1. The molecule has 17 heavy (non-hydrogen) atoms. The van der Waals surface area contributed by atoms with E-state index in [1.165, 1.54) is 17.2 Å². The number of anilines is 1. The molecule has 1 amide bonds. The Morgan fingerprint density at radius 2 is 2.41 bits per heavy atom. The predicted molar refractivity (Wildman–Crippen MR) is 68.1 cm³/mol. The van der Waals surface area contributed by atoms with Crippen LogP contribution in [0.25, 0.3) is 0 Å². The summed E-state index contributed by atoms with van der Waals surface area (Å²) in [6.07, 6.45) is 1.78. The van der Waals surface area contributed by atoms with Gasteiger partial charge in [-0.05, 0) is 28.9 Å². The number of pyridine rings is 1. The Kier molecular flexibility index (Phi) is 4.46. The van der Waals surface area contributed by atoms with Gasteiger partial charge >= 0.3 is 0 Å². The van der Waals surface area contributed by atoms with Crippen LogP contribution >= 0.6 is 15.9 Å². The van der Waals surface area contributed by atoms with Crippen molar-refractivity contribution in [3.63, 3.8) is 0 Å². The van der Waals surface area contributed by atoms with Crippen molar-refractivity contribution in [2.75, 3.05) is 12.8 Å². The van der Waals surface area contributed by atoms with Crippen molar-refractivity contribution in [3.05, 3.63) is 22.3 Å². The van der Waals surface area contributed by atoms with E-state index in [1.807, 2.05) is 13.0 Å². The lowest BCUT2D eigenvalue weighted by Crippen LogP contribution is -2.35. The third kappa shape index (κ3) is 3.17. The number of halogens is 1. The highest BCUT2D eigenvalue weighted by Crippen LogP contribution is 2.20. The van der Waals surface area contributed by atoms with Gasteiger partial charge < -0.3 is 10.6 Å². The van der Waals surface area contributed by atoms with Gasteiger partial charge in [0.1, 0.15) is 5.82 Å². The molecule has 0 bridgehead atoms. The number of rotatable bonds is 3. The molecule has 1 aromatic rings. The van der Waals surface area contributed by atoms with Crippen LogP contribution in [0, 0.1) is 11.3 Å². The van der Waals surface area contributed by atoms with Crippen LogP contribution in [0.3, 0.4) is 0 Å². The Morgan fingerprint density at radius 3 is 3.00 bits per heavy atom. The van der Waals surface area contributed by atoms with Crippen LogP contribution in [-0.2, 0) is 0 Å². The molecular formula is C11H13BrN4O. The van der Waals surface area contributed by atoms with Crippen molar-refractivity contribution in [3.8, 4) is 6.07 Å². The average molecular weight is 297 g/mol. The van der Waals surface area contributed by atoms with E-state index in [0.717, 1.165) is 0 Å². The lowest BCUT2D eigenvalue weighted by Gasteiger charge is -2.23. The second-order valence-electron chi connectivity index (χ2n) is 3.72. The van der Waals surface area contributed by atoms with Gasteiger partial charge in [-0.15, -0.1) is 0 Å². The maximum absolute atomic E-state index is 12.1. The van der Waals surface area contributed by atoms with Gasteiger partial charge in [-0.25, -0.2) is 4.98 Å². The third-order valence-corrected chi connectivity index (χ3v) is 3.11. The number of carbonyl (C=O) groups is 1. The number of nitriles is 1. The first-order chi connectivity index (χ1) is 7.97. The van der Waals surface area contributed by atoms with Crippen LogP contribution in [0.1, 0.15) is 23.7 Å². The minimum absolute atomic E-state index is 0.145. The second-order valence-corrected chi connectivity index (χ2v) is 4.57. The first-order valence-electron chi connectivity index (χ1n) is 5.02. The van der Waals surface area contributed by atoms with Crippen LogP contribution in [0.5, 0.6) is 0 Å². The molecule has 5 nitrogen and oxygen atoms in total. The summed E-state index contributed by atoms with van der Waals surface area (Å²) in [5, 5.41) is 8.61. The van der Waals surface area contributed by atoms with Crippen LogP contribution in [0.15, 0.2) is 16.7 Å². The van der Waals surface area contributed by atoms with E-state index in [-0.39, 0.29) is 17.8 Å². The number of amides is 1. The molecular weight excluding hydrogens is 284 g/mol. The number of nitrogen functional groups attached to an aromatic ring is 1.